The second-order valence-corrected chi connectivity index (χ2v) is 7.99. The average molecular weight is 351 g/mol. The first-order chi connectivity index (χ1) is 12.1. The van der Waals surface area contributed by atoms with E-state index in [0.717, 1.165) is 63.6 Å². The second-order valence-electron chi connectivity index (χ2n) is 7.99. The predicted octanol–water partition coefficient (Wildman–Crippen LogP) is 2.38. The third-order valence-corrected chi connectivity index (χ3v) is 5.47. The summed E-state index contributed by atoms with van der Waals surface area (Å²) in [5.41, 5.74) is 0. The van der Waals surface area contributed by atoms with Crippen LogP contribution in [0.5, 0.6) is 0 Å². The van der Waals surface area contributed by atoms with Gasteiger partial charge in [0.15, 0.2) is 0 Å². The lowest BCUT2D eigenvalue weighted by atomic mass is 9.96. The Morgan fingerprint density at radius 1 is 1.00 bits per heavy atom. The first-order valence-electron chi connectivity index (χ1n) is 9.86. The van der Waals surface area contributed by atoms with E-state index in [0.29, 0.717) is 24.0 Å². The fourth-order valence-corrected chi connectivity index (χ4v) is 4.45. The van der Waals surface area contributed by atoms with Gasteiger partial charge in [-0.15, -0.1) is 0 Å². The zero-order chi connectivity index (χ0) is 17.8. The van der Waals surface area contributed by atoms with Crippen LogP contribution in [0, 0.1) is 11.8 Å². The summed E-state index contributed by atoms with van der Waals surface area (Å²) in [4.78, 5) is 4.95. The molecule has 0 aliphatic carbocycles. The maximum Gasteiger partial charge on any atom is 0.118 e. The molecule has 1 N–H and O–H groups in total. The number of nitrogens with zero attached hydrogens (tertiary/aromatic N) is 2. The average Bonchev–Trinajstić information content (AvgIpc) is 3.14. The first-order valence-corrected chi connectivity index (χ1v) is 9.86. The van der Waals surface area contributed by atoms with Crippen LogP contribution in [0.15, 0.2) is 16.5 Å². The lowest BCUT2D eigenvalue weighted by Crippen LogP contribution is -2.48. The van der Waals surface area contributed by atoms with Crippen LogP contribution in [-0.2, 0) is 17.7 Å². The fraction of sp³-hybridized carbons (Fsp3) is 0.800. The molecule has 0 saturated carbocycles. The van der Waals surface area contributed by atoms with Gasteiger partial charge in [-0.05, 0) is 44.2 Å². The Labute approximate surface area is 151 Å². The summed E-state index contributed by atoms with van der Waals surface area (Å²) in [6, 6.07) is 4.21. The van der Waals surface area contributed by atoms with Crippen LogP contribution in [0.25, 0.3) is 0 Å². The van der Waals surface area contributed by atoms with Crippen LogP contribution in [0.2, 0.25) is 0 Å². The van der Waals surface area contributed by atoms with Crippen molar-refractivity contribution in [1.29, 1.82) is 0 Å². The number of hydrogen-bond donors (Lipinski definition) is 1. The molecule has 0 spiro atoms. The molecule has 3 rings (SSSR count). The van der Waals surface area contributed by atoms with Crippen molar-refractivity contribution in [2.45, 2.75) is 52.4 Å². The number of aliphatic hydroxyl groups excluding tert-OH is 1. The normalized spacial score (nSPS) is 31.7. The van der Waals surface area contributed by atoms with Gasteiger partial charge in [0, 0.05) is 45.8 Å². The van der Waals surface area contributed by atoms with Crippen LogP contribution in [0.1, 0.15) is 38.7 Å². The Kier molecular flexibility index (Phi) is 6.55. The monoisotopic (exact) mass is 350 g/mol. The van der Waals surface area contributed by atoms with Crippen LogP contribution in [0.4, 0.5) is 0 Å². The maximum absolute atomic E-state index is 9.83. The number of rotatable bonds is 7. The number of ether oxygens (including phenoxy) is 1. The van der Waals surface area contributed by atoms with E-state index in [-0.39, 0.29) is 6.61 Å². The van der Waals surface area contributed by atoms with E-state index < -0.39 is 0 Å². The van der Waals surface area contributed by atoms with Crippen LogP contribution in [-0.4, -0.2) is 66.4 Å². The van der Waals surface area contributed by atoms with Gasteiger partial charge in [-0.25, -0.2) is 0 Å². The molecule has 0 aromatic carbocycles. The number of furan rings is 1. The third-order valence-electron chi connectivity index (χ3n) is 5.47. The molecule has 2 aliphatic heterocycles. The zero-order valence-electron chi connectivity index (χ0n) is 16.0. The third kappa shape index (κ3) is 5.07. The minimum atomic E-state index is 0.274. The quantitative estimate of drug-likeness (QED) is 0.818. The van der Waals surface area contributed by atoms with Crippen molar-refractivity contribution in [3.8, 4) is 0 Å². The smallest absolute Gasteiger partial charge is 0.118 e. The maximum atomic E-state index is 9.83. The van der Waals surface area contributed by atoms with Gasteiger partial charge in [0.25, 0.3) is 0 Å². The van der Waals surface area contributed by atoms with Crippen molar-refractivity contribution in [2.24, 2.45) is 11.8 Å². The van der Waals surface area contributed by atoms with Gasteiger partial charge in [0.05, 0.1) is 18.8 Å². The van der Waals surface area contributed by atoms with Crippen molar-refractivity contribution in [3.63, 3.8) is 0 Å². The zero-order valence-corrected chi connectivity index (χ0v) is 16.0. The number of aryl methyl sites for hydroxylation is 1. The Morgan fingerprint density at radius 2 is 1.68 bits per heavy atom. The minimum Gasteiger partial charge on any atom is -0.465 e. The summed E-state index contributed by atoms with van der Waals surface area (Å²) >= 11 is 0. The number of morpholine rings is 1. The summed E-state index contributed by atoms with van der Waals surface area (Å²) in [5.74, 6) is 3.02. The molecule has 2 fully saturated rings. The van der Waals surface area contributed by atoms with E-state index in [4.69, 9.17) is 9.15 Å². The molecule has 5 heteroatoms. The van der Waals surface area contributed by atoms with E-state index in [2.05, 4.69) is 42.7 Å². The Hall–Kier alpha value is -0.880. The number of likely N-dealkylation sites (tertiary alicyclic amines) is 1. The largest absolute Gasteiger partial charge is 0.465 e. The highest BCUT2D eigenvalue weighted by molar-refractivity contribution is 5.07. The van der Waals surface area contributed by atoms with Crippen molar-refractivity contribution >= 4 is 0 Å². The van der Waals surface area contributed by atoms with Gasteiger partial charge < -0.3 is 14.3 Å². The van der Waals surface area contributed by atoms with Crippen molar-refractivity contribution < 1.29 is 14.3 Å². The highest BCUT2D eigenvalue weighted by Crippen LogP contribution is 2.27. The molecular weight excluding hydrogens is 316 g/mol. The molecule has 5 nitrogen and oxygen atoms in total. The molecule has 25 heavy (non-hydrogen) atoms. The summed E-state index contributed by atoms with van der Waals surface area (Å²) in [5, 5.41) is 9.83. The second kappa shape index (κ2) is 8.67. The predicted molar refractivity (Wildman–Crippen MR) is 98.5 cm³/mol. The van der Waals surface area contributed by atoms with Gasteiger partial charge in [-0.2, -0.15) is 0 Å². The fourth-order valence-electron chi connectivity index (χ4n) is 4.45. The van der Waals surface area contributed by atoms with Gasteiger partial charge in [-0.1, -0.05) is 6.92 Å². The van der Waals surface area contributed by atoms with Gasteiger partial charge >= 0.3 is 0 Å². The molecule has 1 aromatic rings. The van der Waals surface area contributed by atoms with Crippen molar-refractivity contribution in [1.82, 2.24) is 9.80 Å². The van der Waals surface area contributed by atoms with E-state index in [1.807, 2.05) is 0 Å². The first kappa shape index (κ1) is 18.9. The van der Waals surface area contributed by atoms with Crippen LogP contribution < -0.4 is 0 Å². The van der Waals surface area contributed by atoms with E-state index in [1.54, 1.807) is 0 Å². The molecule has 4 atom stereocenters. The standard InChI is InChI=1S/C20H34N2O3/c1-4-5-19-6-7-20(25-19)13-22-11-17(18(12-22)14-23)10-21-8-15(2)24-16(3)9-21/h6-7,15-18,23H,4-5,8-14H2,1-3H3/t15-,16+,17-,18-/m1/s1. The van der Waals surface area contributed by atoms with Gasteiger partial charge in [0.1, 0.15) is 11.5 Å². The summed E-state index contributed by atoms with van der Waals surface area (Å²) in [6.07, 6.45) is 2.72. The Morgan fingerprint density at radius 3 is 2.36 bits per heavy atom. The van der Waals surface area contributed by atoms with Gasteiger partial charge in [0.2, 0.25) is 0 Å². The highest BCUT2D eigenvalue weighted by Gasteiger charge is 2.35. The summed E-state index contributed by atoms with van der Waals surface area (Å²) < 4.78 is 11.8. The lowest BCUT2D eigenvalue weighted by Gasteiger charge is -2.37. The lowest BCUT2D eigenvalue weighted by molar-refractivity contribution is -0.0727. The number of hydrogen-bond acceptors (Lipinski definition) is 5. The van der Waals surface area contributed by atoms with Crippen LogP contribution in [0.3, 0.4) is 0 Å². The Balaban J connectivity index is 1.54. The Bertz CT molecular complexity index is 523. The van der Waals surface area contributed by atoms with E-state index in [9.17, 15) is 5.11 Å². The minimum absolute atomic E-state index is 0.274. The molecule has 0 bridgehead atoms. The van der Waals surface area contributed by atoms with Crippen molar-refractivity contribution in [3.05, 3.63) is 23.7 Å². The molecular formula is C20H34N2O3. The molecule has 3 heterocycles. The van der Waals surface area contributed by atoms with Gasteiger partial charge in [-0.3, -0.25) is 9.80 Å². The molecule has 0 radical (unpaired) electrons. The summed E-state index contributed by atoms with van der Waals surface area (Å²) in [7, 11) is 0. The molecule has 2 saturated heterocycles. The SMILES string of the molecule is CCCc1ccc(CN2C[C@H](CO)[C@H](CN3C[C@@H](C)O[C@@H](C)C3)C2)o1. The molecule has 0 unspecified atom stereocenters. The van der Waals surface area contributed by atoms with Crippen molar-refractivity contribution in [2.75, 3.05) is 39.3 Å². The highest BCUT2D eigenvalue weighted by atomic mass is 16.5. The topological polar surface area (TPSA) is 49.1 Å². The van der Waals surface area contributed by atoms with Crippen LogP contribution >= 0.6 is 0 Å². The molecule has 142 valence electrons. The van der Waals surface area contributed by atoms with E-state index >= 15 is 0 Å². The summed E-state index contributed by atoms with van der Waals surface area (Å²) in [6.45, 7) is 12.6. The number of aliphatic hydroxyl groups is 1. The molecule has 0 amide bonds. The molecule has 1 aromatic heterocycles. The van der Waals surface area contributed by atoms with E-state index in [1.165, 1.54) is 0 Å². The molecule has 2 aliphatic rings.